The summed E-state index contributed by atoms with van der Waals surface area (Å²) < 4.78 is 59.2. The van der Waals surface area contributed by atoms with Crippen LogP contribution in [-0.2, 0) is 0 Å². The molecule has 0 rings (SSSR count). The van der Waals surface area contributed by atoms with Crippen molar-refractivity contribution in [3.05, 3.63) is 0 Å². The van der Waals surface area contributed by atoms with Crippen molar-refractivity contribution < 1.29 is 25.2 Å². The Morgan fingerprint density at radius 1 is 0.750 bits per heavy atom. The summed E-state index contributed by atoms with van der Waals surface area (Å²) in [7, 11) is -9.84. The van der Waals surface area contributed by atoms with Crippen LogP contribution in [-0.4, -0.2) is 12.3 Å². The SMILES string of the molecule is CCCC[PH2+]CCCC.F[P-](F)(F)(F)(F)F. The van der Waals surface area contributed by atoms with Crippen LogP contribution in [0.3, 0.4) is 0 Å². The minimum atomic E-state index is -10.7. The van der Waals surface area contributed by atoms with Gasteiger partial charge in [0.25, 0.3) is 0 Å². The second-order valence-electron chi connectivity index (χ2n) is 3.53. The quantitative estimate of drug-likeness (QED) is 0.303. The summed E-state index contributed by atoms with van der Waals surface area (Å²) in [6.07, 6.45) is 8.79. The third-order valence-corrected chi connectivity index (χ3v) is 3.16. The van der Waals surface area contributed by atoms with E-state index in [2.05, 4.69) is 13.8 Å². The number of rotatable bonds is 6. The Balaban J connectivity index is 0. The van der Waals surface area contributed by atoms with Crippen LogP contribution < -0.4 is 0 Å². The maximum atomic E-state index is 9.87. The van der Waals surface area contributed by atoms with E-state index >= 15 is 0 Å². The third-order valence-electron chi connectivity index (χ3n) is 1.52. The fourth-order valence-electron chi connectivity index (χ4n) is 0.841. The van der Waals surface area contributed by atoms with Gasteiger partial charge in [-0.25, -0.2) is 0 Å². The normalized spacial score (nSPS) is 15.8. The van der Waals surface area contributed by atoms with Crippen molar-refractivity contribution in [2.24, 2.45) is 0 Å². The molecule has 16 heavy (non-hydrogen) atoms. The first-order valence-corrected chi connectivity index (χ1v) is 8.91. The van der Waals surface area contributed by atoms with E-state index in [-0.39, 0.29) is 0 Å². The molecule has 0 aromatic heterocycles. The average Bonchev–Trinajstić information content (AvgIpc) is 1.98. The molecular weight excluding hydrogens is 272 g/mol. The molecule has 0 nitrogen and oxygen atoms in total. The van der Waals surface area contributed by atoms with Gasteiger partial charge in [-0.3, -0.25) is 0 Å². The first kappa shape index (κ1) is 18.8. The van der Waals surface area contributed by atoms with E-state index in [1.807, 2.05) is 0 Å². The van der Waals surface area contributed by atoms with Crippen LogP contribution in [0.25, 0.3) is 0 Å². The van der Waals surface area contributed by atoms with Gasteiger partial charge in [-0.1, -0.05) is 26.7 Å². The van der Waals surface area contributed by atoms with Crippen molar-refractivity contribution in [2.45, 2.75) is 39.5 Å². The van der Waals surface area contributed by atoms with Crippen LogP contribution in [0.4, 0.5) is 25.2 Å². The Hall–Kier alpha value is 0.440. The van der Waals surface area contributed by atoms with Gasteiger partial charge in [0.05, 0.1) is 12.3 Å². The Morgan fingerprint density at radius 2 is 1.00 bits per heavy atom. The molecule has 0 atom stereocenters. The summed E-state index contributed by atoms with van der Waals surface area (Å²) in [6.45, 7) is 4.55. The van der Waals surface area contributed by atoms with Crippen molar-refractivity contribution in [1.29, 1.82) is 0 Å². The third kappa shape index (κ3) is 62.9. The van der Waals surface area contributed by atoms with E-state index in [0.717, 1.165) is 8.58 Å². The molecule has 0 amide bonds. The van der Waals surface area contributed by atoms with Crippen molar-refractivity contribution >= 4 is 16.4 Å². The fraction of sp³-hybridized carbons (Fsp3) is 1.00. The number of halogens is 6. The fourth-order valence-corrected chi connectivity index (χ4v) is 2.52. The van der Waals surface area contributed by atoms with E-state index < -0.39 is 7.81 Å². The molecule has 0 saturated carbocycles. The van der Waals surface area contributed by atoms with Crippen LogP contribution in [0.15, 0.2) is 0 Å². The molecule has 104 valence electrons. The molecule has 0 N–H and O–H groups in total. The summed E-state index contributed by atoms with van der Waals surface area (Å²) in [5.41, 5.74) is 0. The molecule has 0 bridgehead atoms. The van der Waals surface area contributed by atoms with Gasteiger partial charge in [0, 0.05) is 0 Å². The Morgan fingerprint density at radius 3 is 1.19 bits per heavy atom. The van der Waals surface area contributed by atoms with Crippen molar-refractivity contribution in [2.75, 3.05) is 12.3 Å². The molecule has 0 aromatic rings. The zero-order valence-corrected chi connectivity index (χ0v) is 11.6. The van der Waals surface area contributed by atoms with Crippen LogP contribution in [0.1, 0.15) is 39.5 Å². The van der Waals surface area contributed by atoms with Gasteiger partial charge in [0.2, 0.25) is 0 Å². The van der Waals surface area contributed by atoms with Gasteiger partial charge in [-0.2, -0.15) is 0 Å². The van der Waals surface area contributed by atoms with Crippen molar-refractivity contribution in [3.63, 3.8) is 0 Å². The molecule has 0 unspecified atom stereocenters. The number of unbranched alkanes of at least 4 members (excludes halogenated alkanes) is 2. The van der Waals surface area contributed by atoms with Crippen molar-refractivity contribution in [1.82, 2.24) is 0 Å². The Kier molecular flexibility index (Phi) is 7.51. The topological polar surface area (TPSA) is 0 Å². The van der Waals surface area contributed by atoms with E-state index in [9.17, 15) is 25.2 Å². The van der Waals surface area contributed by atoms with Gasteiger partial charge >= 0.3 is 33.0 Å². The molecule has 0 aliphatic heterocycles. The van der Waals surface area contributed by atoms with E-state index in [4.69, 9.17) is 0 Å². The Labute approximate surface area is 94.2 Å². The molecule has 0 aromatic carbocycles. The first-order valence-electron chi connectivity index (χ1n) is 5.24. The van der Waals surface area contributed by atoms with E-state index in [0.29, 0.717) is 0 Å². The minimum absolute atomic E-state index is 0.818. The standard InChI is InChI=1S/C8H19P.F6P/c1-3-5-7-9-8-6-4-2;1-7(2,3,4,5)6/h9H,3-8H2,1-2H3;/q;-1/p+1. The van der Waals surface area contributed by atoms with Gasteiger partial charge in [-0.05, 0) is 21.4 Å². The van der Waals surface area contributed by atoms with Crippen LogP contribution in [0.2, 0.25) is 0 Å². The predicted octanol–water partition coefficient (Wildman–Crippen LogP) is 6.38. The molecule has 0 heterocycles. The molecule has 0 fully saturated rings. The molecule has 0 aliphatic carbocycles. The summed E-state index contributed by atoms with van der Waals surface area (Å²) >= 11 is 0. The number of hydrogen-bond acceptors (Lipinski definition) is 0. The zero-order chi connectivity index (χ0) is 13.4. The molecule has 0 spiro atoms. The molecule has 8 heteroatoms. The second-order valence-corrected chi connectivity index (χ2v) is 7.18. The zero-order valence-electron chi connectivity index (χ0n) is 9.53. The van der Waals surface area contributed by atoms with Crippen molar-refractivity contribution in [3.8, 4) is 0 Å². The molecule has 0 radical (unpaired) electrons. The van der Waals surface area contributed by atoms with E-state index in [1.54, 1.807) is 0 Å². The van der Waals surface area contributed by atoms with Crippen LogP contribution >= 0.6 is 16.4 Å². The monoisotopic (exact) mass is 292 g/mol. The molecule has 0 saturated heterocycles. The van der Waals surface area contributed by atoms with E-state index in [1.165, 1.54) is 38.0 Å². The summed E-state index contributed by atoms with van der Waals surface area (Å²) in [4.78, 5) is 0. The first-order chi connectivity index (χ1) is 6.86. The Bertz CT molecular complexity index is 154. The summed E-state index contributed by atoms with van der Waals surface area (Å²) in [6, 6.07) is 0. The summed E-state index contributed by atoms with van der Waals surface area (Å²) in [5.74, 6) is 0. The predicted molar refractivity (Wildman–Crippen MR) is 62.8 cm³/mol. The summed E-state index contributed by atoms with van der Waals surface area (Å²) in [5, 5.41) is 0. The van der Waals surface area contributed by atoms with Gasteiger partial charge in [0.15, 0.2) is 0 Å². The average molecular weight is 292 g/mol. The van der Waals surface area contributed by atoms with Gasteiger partial charge in [-0.15, -0.1) is 0 Å². The number of hydrogen-bond donors (Lipinski definition) is 0. The van der Waals surface area contributed by atoms with Crippen LogP contribution in [0.5, 0.6) is 0 Å². The van der Waals surface area contributed by atoms with Crippen LogP contribution in [0, 0.1) is 0 Å². The molecule has 0 aliphatic rings. The second kappa shape index (κ2) is 6.39. The van der Waals surface area contributed by atoms with Gasteiger partial charge in [0.1, 0.15) is 0 Å². The van der Waals surface area contributed by atoms with Gasteiger partial charge < -0.3 is 0 Å². The maximum absolute atomic E-state index is 10.7. The molecular formula is C8H20F6P2.